The van der Waals surface area contributed by atoms with Crippen LogP contribution in [0.4, 0.5) is 4.79 Å². The van der Waals surface area contributed by atoms with Gasteiger partial charge in [0.1, 0.15) is 5.52 Å². The first-order valence-corrected chi connectivity index (χ1v) is 12.0. The Labute approximate surface area is 200 Å². The van der Waals surface area contributed by atoms with Crippen LogP contribution in [0, 0.1) is 0 Å². The Hall–Kier alpha value is -3.39. The minimum Gasteiger partial charge on any atom is -0.439 e. The molecule has 1 saturated heterocycles. The molecule has 2 aromatic carbocycles. The fourth-order valence-corrected chi connectivity index (χ4v) is 4.24. The molecule has 1 aliphatic rings. The highest BCUT2D eigenvalue weighted by molar-refractivity contribution is 5.97. The first kappa shape index (κ1) is 23.8. The molecule has 0 atom stereocenters. The normalized spacial score (nSPS) is 14.4. The van der Waals surface area contributed by atoms with Crippen LogP contribution in [-0.2, 0) is 13.0 Å². The van der Waals surface area contributed by atoms with Gasteiger partial charge in [-0.15, -0.1) is 0 Å². The lowest BCUT2D eigenvalue weighted by atomic mass is 10.1. The average Bonchev–Trinajstić information content (AvgIpc) is 3.27. The number of amides is 3. The first-order valence-electron chi connectivity index (χ1n) is 12.0. The van der Waals surface area contributed by atoms with Gasteiger partial charge < -0.3 is 19.5 Å². The van der Waals surface area contributed by atoms with Gasteiger partial charge in [0, 0.05) is 51.4 Å². The van der Waals surface area contributed by atoms with E-state index in [1.165, 1.54) is 5.56 Å². The van der Waals surface area contributed by atoms with Gasteiger partial charge in [-0.2, -0.15) is 0 Å². The van der Waals surface area contributed by atoms with Crippen molar-refractivity contribution in [2.24, 2.45) is 0 Å². The molecule has 0 unspecified atom stereocenters. The number of benzene rings is 2. The molecule has 1 aromatic heterocycles. The number of carbonyl (C=O) groups excluding carboxylic acids is 2. The van der Waals surface area contributed by atoms with Gasteiger partial charge in [-0.05, 0) is 44.0 Å². The maximum absolute atomic E-state index is 12.6. The molecule has 1 N–H and O–H groups in total. The van der Waals surface area contributed by atoms with Crippen LogP contribution in [0.5, 0.6) is 0 Å². The van der Waals surface area contributed by atoms with Crippen molar-refractivity contribution >= 4 is 23.0 Å². The third kappa shape index (κ3) is 5.75. The number of oxazole rings is 1. The van der Waals surface area contributed by atoms with Crippen LogP contribution in [0.1, 0.15) is 35.7 Å². The highest BCUT2D eigenvalue weighted by Crippen LogP contribution is 2.20. The zero-order chi connectivity index (χ0) is 23.9. The number of fused-ring (bicyclic) bond motifs is 1. The van der Waals surface area contributed by atoms with Gasteiger partial charge in [0.25, 0.3) is 5.91 Å². The maximum Gasteiger partial charge on any atom is 0.317 e. The van der Waals surface area contributed by atoms with Crippen LogP contribution in [0.15, 0.2) is 52.9 Å². The Morgan fingerprint density at radius 2 is 1.76 bits per heavy atom. The monoisotopic (exact) mass is 463 g/mol. The number of carbonyl (C=O) groups is 2. The summed E-state index contributed by atoms with van der Waals surface area (Å²) in [6.45, 7) is 9.36. The number of nitrogens with zero attached hydrogens (tertiary/aromatic N) is 4. The van der Waals surface area contributed by atoms with E-state index in [4.69, 9.17) is 4.42 Å². The molecule has 0 saturated carbocycles. The van der Waals surface area contributed by atoms with Crippen molar-refractivity contribution in [1.82, 2.24) is 25.0 Å². The lowest BCUT2D eigenvalue weighted by Crippen LogP contribution is -2.51. The Bertz CT molecular complexity index is 1100. The van der Waals surface area contributed by atoms with E-state index in [9.17, 15) is 9.59 Å². The Kier molecular flexibility index (Phi) is 7.80. The molecule has 180 valence electrons. The molecule has 0 bridgehead atoms. The summed E-state index contributed by atoms with van der Waals surface area (Å²) in [7, 11) is 0. The third-order valence-corrected chi connectivity index (χ3v) is 6.28. The summed E-state index contributed by atoms with van der Waals surface area (Å²) in [4.78, 5) is 35.6. The standard InChI is InChI=1S/C26H33N5O3/c1-3-30(4-2)25(32)21-10-11-23-22(18-21)28-24(34-23)19-29-14-16-31(17-15-29)26(33)27-13-12-20-8-6-5-7-9-20/h5-11,18H,3-4,12-17,19H2,1-2H3,(H,27,33). The van der Waals surface area contributed by atoms with Gasteiger partial charge in [0.05, 0.1) is 6.54 Å². The largest absolute Gasteiger partial charge is 0.439 e. The lowest BCUT2D eigenvalue weighted by Gasteiger charge is -2.34. The second-order valence-corrected chi connectivity index (χ2v) is 8.50. The van der Waals surface area contributed by atoms with E-state index in [0.717, 1.165) is 19.5 Å². The fourth-order valence-electron chi connectivity index (χ4n) is 4.24. The summed E-state index contributed by atoms with van der Waals surface area (Å²) >= 11 is 0. The SMILES string of the molecule is CCN(CC)C(=O)c1ccc2oc(CN3CCN(C(=O)NCCc4ccccc4)CC3)nc2c1. The number of aromatic nitrogens is 1. The van der Waals surface area contributed by atoms with E-state index in [-0.39, 0.29) is 11.9 Å². The van der Waals surface area contributed by atoms with E-state index in [2.05, 4.69) is 27.3 Å². The zero-order valence-corrected chi connectivity index (χ0v) is 20.0. The predicted octanol–water partition coefficient (Wildman–Crippen LogP) is 3.38. The zero-order valence-electron chi connectivity index (χ0n) is 20.0. The molecule has 0 aliphatic carbocycles. The Morgan fingerprint density at radius 3 is 2.47 bits per heavy atom. The predicted molar refractivity (Wildman–Crippen MR) is 132 cm³/mol. The van der Waals surface area contributed by atoms with Gasteiger partial charge in [0.15, 0.2) is 5.58 Å². The van der Waals surface area contributed by atoms with Crippen molar-refractivity contribution in [3.05, 3.63) is 65.5 Å². The van der Waals surface area contributed by atoms with E-state index >= 15 is 0 Å². The van der Waals surface area contributed by atoms with Crippen LogP contribution in [0.3, 0.4) is 0 Å². The van der Waals surface area contributed by atoms with Gasteiger partial charge in [0.2, 0.25) is 5.89 Å². The summed E-state index contributed by atoms with van der Waals surface area (Å²) in [5.41, 5.74) is 3.23. The van der Waals surface area contributed by atoms with E-state index in [1.807, 2.05) is 43.0 Å². The highest BCUT2D eigenvalue weighted by Gasteiger charge is 2.22. The van der Waals surface area contributed by atoms with E-state index in [1.54, 1.807) is 17.0 Å². The average molecular weight is 464 g/mol. The first-order chi connectivity index (χ1) is 16.6. The molecule has 8 nitrogen and oxygen atoms in total. The molecule has 1 fully saturated rings. The van der Waals surface area contributed by atoms with Crippen molar-refractivity contribution in [3.63, 3.8) is 0 Å². The van der Waals surface area contributed by atoms with E-state index < -0.39 is 0 Å². The maximum atomic E-state index is 12.6. The lowest BCUT2D eigenvalue weighted by molar-refractivity contribution is 0.0773. The smallest absolute Gasteiger partial charge is 0.317 e. The molecule has 2 heterocycles. The molecule has 4 rings (SSSR count). The molecular formula is C26H33N5O3. The minimum atomic E-state index is -0.0113. The van der Waals surface area contributed by atoms with Crippen LogP contribution in [0.2, 0.25) is 0 Å². The molecule has 0 radical (unpaired) electrons. The summed E-state index contributed by atoms with van der Waals surface area (Å²) in [6.07, 6.45) is 0.826. The van der Waals surface area contributed by atoms with Gasteiger partial charge >= 0.3 is 6.03 Å². The minimum absolute atomic E-state index is 0.00890. The Morgan fingerprint density at radius 1 is 1.03 bits per heavy atom. The summed E-state index contributed by atoms with van der Waals surface area (Å²) in [5.74, 6) is 0.637. The number of piperazine rings is 1. The summed E-state index contributed by atoms with van der Waals surface area (Å²) in [6, 6.07) is 15.6. The van der Waals surface area contributed by atoms with Gasteiger partial charge in [-0.25, -0.2) is 9.78 Å². The third-order valence-electron chi connectivity index (χ3n) is 6.28. The second-order valence-electron chi connectivity index (χ2n) is 8.50. The molecule has 0 spiro atoms. The van der Waals surface area contributed by atoms with Crippen LogP contribution in [0.25, 0.3) is 11.1 Å². The van der Waals surface area contributed by atoms with Gasteiger partial charge in [-0.1, -0.05) is 30.3 Å². The second kappa shape index (κ2) is 11.2. The number of hydrogen-bond acceptors (Lipinski definition) is 5. The number of hydrogen-bond donors (Lipinski definition) is 1. The van der Waals surface area contributed by atoms with Crippen LogP contribution in [-0.4, -0.2) is 77.4 Å². The molecule has 34 heavy (non-hydrogen) atoms. The Balaban J connectivity index is 1.26. The molecule has 8 heteroatoms. The van der Waals surface area contributed by atoms with Crippen molar-refractivity contribution < 1.29 is 14.0 Å². The number of urea groups is 1. The van der Waals surface area contributed by atoms with Crippen molar-refractivity contribution in [2.45, 2.75) is 26.8 Å². The summed E-state index contributed by atoms with van der Waals surface area (Å²) < 4.78 is 5.92. The van der Waals surface area contributed by atoms with Crippen molar-refractivity contribution in [1.29, 1.82) is 0 Å². The topological polar surface area (TPSA) is 81.9 Å². The van der Waals surface area contributed by atoms with Crippen molar-refractivity contribution in [3.8, 4) is 0 Å². The van der Waals surface area contributed by atoms with E-state index in [0.29, 0.717) is 61.8 Å². The van der Waals surface area contributed by atoms with Crippen LogP contribution >= 0.6 is 0 Å². The highest BCUT2D eigenvalue weighted by atomic mass is 16.3. The molecular weight excluding hydrogens is 430 g/mol. The number of nitrogens with one attached hydrogen (secondary N) is 1. The van der Waals surface area contributed by atoms with Crippen LogP contribution < -0.4 is 5.32 Å². The molecule has 1 aliphatic heterocycles. The quantitative estimate of drug-likeness (QED) is 0.554. The summed E-state index contributed by atoms with van der Waals surface area (Å²) in [5, 5.41) is 3.02. The van der Waals surface area contributed by atoms with Crippen molar-refractivity contribution in [2.75, 3.05) is 45.8 Å². The number of rotatable bonds is 8. The molecule has 3 amide bonds. The molecule has 3 aromatic rings. The van der Waals surface area contributed by atoms with Gasteiger partial charge in [-0.3, -0.25) is 9.69 Å². The fraction of sp³-hybridized carbons (Fsp3) is 0.423.